The van der Waals surface area contributed by atoms with Crippen LogP contribution >= 0.6 is 12.2 Å². The Morgan fingerprint density at radius 3 is 2.41 bits per heavy atom. The van der Waals surface area contributed by atoms with Gasteiger partial charge in [-0.15, -0.1) is 0 Å². The van der Waals surface area contributed by atoms with Gasteiger partial charge in [-0.05, 0) is 68.4 Å². The van der Waals surface area contributed by atoms with Crippen LogP contribution in [0.5, 0.6) is 5.75 Å². The number of aryl methyl sites for hydroxylation is 2. The third-order valence-corrected chi connectivity index (χ3v) is 4.75. The van der Waals surface area contributed by atoms with Crippen LogP contribution in [0.1, 0.15) is 22.5 Å². The number of ether oxygens (including phenoxy) is 1. The highest BCUT2D eigenvalue weighted by molar-refractivity contribution is 7.80. The maximum Gasteiger partial charge on any atom is 0.175 e. The zero-order valence-corrected chi connectivity index (χ0v) is 16.9. The van der Waals surface area contributed by atoms with Crippen molar-refractivity contribution in [3.8, 4) is 5.75 Å². The van der Waals surface area contributed by atoms with E-state index in [1.54, 1.807) is 7.11 Å². The van der Waals surface area contributed by atoms with E-state index in [4.69, 9.17) is 17.0 Å². The van der Waals surface area contributed by atoms with Crippen LogP contribution in [0.15, 0.2) is 48.5 Å². The average Bonchev–Trinajstić information content (AvgIpc) is 2.91. The van der Waals surface area contributed by atoms with Gasteiger partial charge in [0.25, 0.3) is 0 Å². The van der Waals surface area contributed by atoms with Gasteiger partial charge in [0.1, 0.15) is 5.75 Å². The number of hydrogen-bond donors (Lipinski definition) is 2. The van der Waals surface area contributed by atoms with Crippen LogP contribution in [0, 0.1) is 20.8 Å². The molecule has 2 N–H and O–H groups in total. The van der Waals surface area contributed by atoms with Crippen molar-refractivity contribution in [1.82, 2.24) is 9.78 Å². The standard InChI is InChI=1S/C21H24N4OS/c1-14-7-5-6-8-17(14)13-25-16(3)20(15(2)24-25)23-21(27)22-18-9-11-19(26-4)12-10-18/h5-12H,13H2,1-4H3,(H2,22,23,27). The zero-order valence-electron chi connectivity index (χ0n) is 16.0. The number of anilines is 2. The van der Waals surface area contributed by atoms with Gasteiger partial charge in [0.05, 0.1) is 30.7 Å². The normalized spacial score (nSPS) is 10.5. The predicted molar refractivity (Wildman–Crippen MR) is 115 cm³/mol. The van der Waals surface area contributed by atoms with Crippen molar-refractivity contribution < 1.29 is 4.74 Å². The number of nitrogens with one attached hydrogen (secondary N) is 2. The monoisotopic (exact) mass is 380 g/mol. The summed E-state index contributed by atoms with van der Waals surface area (Å²) < 4.78 is 7.18. The highest BCUT2D eigenvalue weighted by Gasteiger charge is 2.13. The smallest absolute Gasteiger partial charge is 0.175 e. The largest absolute Gasteiger partial charge is 0.497 e. The number of rotatable bonds is 5. The van der Waals surface area contributed by atoms with Crippen molar-refractivity contribution in [3.63, 3.8) is 0 Å². The van der Waals surface area contributed by atoms with E-state index in [9.17, 15) is 0 Å². The molecule has 0 aliphatic carbocycles. The maximum atomic E-state index is 5.47. The van der Waals surface area contributed by atoms with Gasteiger partial charge in [-0.2, -0.15) is 5.10 Å². The van der Waals surface area contributed by atoms with Gasteiger partial charge in [0, 0.05) is 5.69 Å². The number of hydrogen-bond acceptors (Lipinski definition) is 3. The number of aromatic nitrogens is 2. The summed E-state index contributed by atoms with van der Waals surface area (Å²) in [6.45, 7) is 6.89. The molecule has 0 spiro atoms. The lowest BCUT2D eigenvalue weighted by molar-refractivity contribution is 0.415. The lowest BCUT2D eigenvalue weighted by Crippen LogP contribution is -2.20. The van der Waals surface area contributed by atoms with E-state index in [0.29, 0.717) is 5.11 Å². The Balaban J connectivity index is 1.72. The fourth-order valence-electron chi connectivity index (χ4n) is 2.93. The molecule has 6 heteroatoms. The van der Waals surface area contributed by atoms with Crippen LogP contribution in [0.2, 0.25) is 0 Å². The Bertz CT molecular complexity index is 947. The highest BCUT2D eigenvalue weighted by atomic mass is 32.1. The summed E-state index contributed by atoms with van der Waals surface area (Å²) in [7, 11) is 1.65. The van der Waals surface area contributed by atoms with Gasteiger partial charge in [-0.25, -0.2) is 0 Å². The molecule has 3 rings (SSSR count). The minimum absolute atomic E-state index is 0.529. The first kappa shape index (κ1) is 18.9. The molecule has 0 bridgehead atoms. The molecule has 0 unspecified atom stereocenters. The second-order valence-corrected chi connectivity index (χ2v) is 6.85. The first-order valence-corrected chi connectivity index (χ1v) is 9.19. The molecule has 0 aliphatic rings. The van der Waals surface area contributed by atoms with Crippen LogP contribution in [0.4, 0.5) is 11.4 Å². The minimum atomic E-state index is 0.529. The van der Waals surface area contributed by atoms with E-state index in [1.165, 1.54) is 11.1 Å². The SMILES string of the molecule is COc1ccc(NC(=S)Nc2c(C)nn(Cc3ccccc3C)c2C)cc1. The Labute approximate surface area is 165 Å². The van der Waals surface area contributed by atoms with Crippen molar-refractivity contribution in [3.05, 3.63) is 71.0 Å². The molecule has 0 fully saturated rings. The Morgan fingerprint density at radius 1 is 1.04 bits per heavy atom. The summed E-state index contributed by atoms with van der Waals surface area (Å²) in [6.07, 6.45) is 0. The quantitative estimate of drug-likeness (QED) is 0.630. The van der Waals surface area contributed by atoms with Crippen molar-refractivity contribution in [2.24, 2.45) is 0 Å². The first-order valence-electron chi connectivity index (χ1n) is 8.78. The lowest BCUT2D eigenvalue weighted by Gasteiger charge is -2.12. The molecular weight excluding hydrogens is 356 g/mol. The molecule has 0 saturated carbocycles. The number of thiocarbonyl (C=S) groups is 1. The Morgan fingerprint density at radius 2 is 1.74 bits per heavy atom. The third kappa shape index (κ3) is 4.46. The van der Waals surface area contributed by atoms with Crippen LogP contribution in [0.3, 0.4) is 0 Å². The minimum Gasteiger partial charge on any atom is -0.497 e. The Kier molecular flexibility index (Phi) is 5.76. The molecule has 2 aromatic carbocycles. The van der Waals surface area contributed by atoms with E-state index in [-0.39, 0.29) is 0 Å². The molecule has 5 nitrogen and oxygen atoms in total. The van der Waals surface area contributed by atoms with Crippen LogP contribution in [0.25, 0.3) is 0 Å². The first-order chi connectivity index (χ1) is 13.0. The van der Waals surface area contributed by atoms with E-state index < -0.39 is 0 Å². The molecular formula is C21H24N4OS. The molecule has 0 radical (unpaired) electrons. The summed E-state index contributed by atoms with van der Waals surface area (Å²) in [6, 6.07) is 16.0. The van der Waals surface area contributed by atoms with Gasteiger partial charge < -0.3 is 15.4 Å². The molecule has 3 aromatic rings. The van der Waals surface area contributed by atoms with Gasteiger partial charge in [0.2, 0.25) is 0 Å². The summed E-state index contributed by atoms with van der Waals surface area (Å²) in [5.41, 5.74) is 6.32. The molecule has 140 valence electrons. The van der Waals surface area contributed by atoms with Crippen molar-refractivity contribution in [1.29, 1.82) is 0 Å². The second kappa shape index (κ2) is 8.22. The van der Waals surface area contributed by atoms with E-state index >= 15 is 0 Å². The number of methoxy groups -OCH3 is 1. The van der Waals surface area contributed by atoms with Gasteiger partial charge in [-0.3, -0.25) is 4.68 Å². The highest BCUT2D eigenvalue weighted by Crippen LogP contribution is 2.22. The van der Waals surface area contributed by atoms with Crippen molar-refractivity contribution in [2.75, 3.05) is 17.7 Å². The van der Waals surface area contributed by atoms with Crippen LogP contribution in [-0.2, 0) is 6.54 Å². The zero-order chi connectivity index (χ0) is 19.4. The maximum absolute atomic E-state index is 5.47. The van der Waals surface area contributed by atoms with Gasteiger partial charge in [-0.1, -0.05) is 24.3 Å². The van der Waals surface area contributed by atoms with E-state index in [0.717, 1.165) is 35.1 Å². The Hall–Kier alpha value is -2.86. The average molecular weight is 381 g/mol. The van der Waals surface area contributed by atoms with Gasteiger partial charge >= 0.3 is 0 Å². The molecule has 1 heterocycles. The summed E-state index contributed by atoms with van der Waals surface area (Å²) in [5.74, 6) is 0.809. The number of nitrogens with zero attached hydrogens (tertiary/aromatic N) is 2. The van der Waals surface area contributed by atoms with E-state index in [2.05, 4.69) is 53.8 Å². The van der Waals surface area contributed by atoms with Crippen molar-refractivity contribution >= 4 is 28.7 Å². The molecule has 0 atom stereocenters. The molecule has 0 amide bonds. The second-order valence-electron chi connectivity index (χ2n) is 6.44. The molecule has 1 aromatic heterocycles. The molecule has 27 heavy (non-hydrogen) atoms. The third-order valence-electron chi connectivity index (χ3n) is 4.55. The predicted octanol–water partition coefficient (Wildman–Crippen LogP) is 4.67. The molecule has 0 aliphatic heterocycles. The van der Waals surface area contributed by atoms with E-state index in [1.807, 2.05) is 35.9 Å². The summed E-state index contributed by atoms with van der Waals surface area (Å²) in [4.78, 5) is 0. The van der Waals surface area contributed by atoms with Crippen LogP contribution < -0.4 is 15.4 Å². The van der Waals surface area contributed by atoms with Crippen LogP contribution in [-0.4, -0.2) is 22.0 Å². The fraction of sp³-hybridized carbons (Fsp3) is 0.238. The van der Waals surface area contributed by atoms with Crippen molar-refractivity contribution in [2.45, 2.75) is 27.3 Å². The van der Waals surface area contributed by atoms with Gasteiger partial charge in [0.15, 0.2) is 5.11 Å². The summed E-state index contributed by atoms with van der Waals surface area (Å²) in [5, 5.41) is 11.7. The molecule has 0 saturated heterocycles. The number of benzene rings is 2. The fourth-order valence-corrected chi connectivity index (χ4v) is 3.15. The topological polar surface area (TPSA) is 51.1 Å². The lowest BCUT2D eigenvalue weighted by atomic mass is 10.1. The summed E-state index contributed by atoms with van der Waals surface area (Å²) >= 11 is 5.47.